The highest BCUT2D eigenvalue weighted by Gasteiger charge is 2.42. The van der Waals surface area contributed by atoms with Crippen molar-refractivity contribution in [2.75, 3.05) is 50.2 Å². The molecule has 0 unspecified atom stereocenters. The number of rotatable bonds is 8. The summed E-state index contributed by atoms with van der Waals surface area (Å²) in [6.07, 6.45) is 1.05. The van der Waals surface area contributed by atoms with Crippen LogP contribution in [0.15, 0.2) is 60.7 Å². The van der Waals surface area contributed by atoms with Crippen molar-refractivity contribution >= 4 is 34.6 Å². The Morgan fingerprint density at radius 2 is 1.85 bits per heavy atom. The van der Waals surface area contributed by atoms with E-state index in [4.69, 9.17) is 21.1 Å². The molecule has 3 aromatic rings. The van der Waals surface area contributed by atoms with E-state index in [9.17, 15) is 14.9 Å². The first-order valence-corrected chi connectivity index (χ1v) is 13.3. The fourth-order valence-electron chi connectivity index (χ4n) is 5.65. The van der Waals surface area contributed by atoms with Gasteiger partial charge in [-0.05, 0) is 54.3 Å². The molecule has 0 bridgehead atoms. The summed E-state index contributed by atoms with van der Waals surface area (Å²) in [7, 11) is 3.19. The summed E-state index contributed by atoms with van der Waals surface area (Å²) in [5.74, 6) is 0.851. The molecule has 39 heavy (non-hydrogen) atoms. The number of benzene rings is 3. The van der Waals surface area contributed by atoms with Crippen molar-refractivity contribution in [3.05, 3.63) is 86.9 Å². The van der Waals surface area contributed by atoms with Crippen molar-refractivity contribution in [2.24, 2.45) is 5.92 Å². The molecular weight excluding hydrogens is 520 g/mol. The molecule has 2 aliphatic rings. The van der Waals surface area contributed by atoms with Crippen LogP contribution in [0.5, 0.6) is 11.5 Å². The predicted octanol–water partition coefficient (Wildman–Crippen LogP) is 4.49. The summed E-state index contributed by atoms with van der Waals surface area (Å²) < 4.78 is 10.7. The molecular formula is C29H31ClN4O5. The lowest BCUT2D eigenvalue weighted by atomic mass is 9.83. The Labute approximate surface area is 232 Å². The van der Waals surface area contributed by atoms with Crippen LogP contribution in [0, 0.1) is 16.0 Å². The Balaban J connectivity index is 1.36. The highest BCUT2D eigenvalue weighted by Crippen LogP contribution is 2.39. The molecule has 1 saturated heterocycles. The quantitative estimate of drug-likeness (QED) is 0.326. The van der Waals surface area contributed by atoms with Gasteiger partial charge in [-0.15, -0.1) is 0 Å². The van der Waals surface area contributed by atoms with Crippen LogP contribution in [0.3, 0.4) is 0 Å². The van der Waals surface area contributed by atoms with Gasteiger partial charge in [-0.2, -0.15) is 0 Å². The van der Waals surface area contributed by atoms with Crippen molar-refractivity contribution in [3.8, 4) is 11.5 Å². The summed E-state index contributed by atoms with van der Waals surface area (Å²) in [5.41, 5.74) is 3.78. The van der Waals surface area contributed by atoms with Crippen LogP contribution >= 0.6 is 11.6 Å². The maximum Gasteiger partial charge on any atom is 0.269 e. The zero-order valence-electron chi connectivity index (χ0n) is 21.9. The lowest BCUT2D eigenvalue weighted by Gasteiger charge is -2.49. The highest BCUT2D eigenvalue weighted by molar-refractivity contribution is 6.33. The van der Waals surface area contributed by atoms with E-state index in [0.29, 0.717) is 49.0 Å². The number of hydrogen-bond acceptors (Lipinski definition) is 7. The second kappa shape index (κ2) is 11.4. The van der Waals surface area contributed by atoms with Gasteiger partial charge in [0, 0.05) is 44.0 Å². The lowest BCUT2D eigenvalue weighted by molar-refractivity contribution is -0.384. The Bertz CT molecular complexity index is 1380. The van der Waals surface area contributed by atoms with Crippen LogP contribution in [-0.2, 0) is 17.6 Å². The maximum atomic E-state index is 13.6. The monoisotopic (exact) mass is 550 g/mol. The van der Waals surface area contributed by atoms with E-state index in [2.05, 4.69) is 15.1 Å². The van der Waals surface area contributed by atoms with Crippen LogP contribution in [0.1, 0.15) is 11.1 Å². The SMILES string of the molecule is COc1ccc(CCNC(=O)[C@H]2Cc3cc([N+](=O)[O-])ccc3N3CCN(c4ccccc4Cl)C[C@H]23)cc1OC. The first-order valence-electron chi connectivity index (χ1n) is 12.9. The van der Waals surface area contributed by atoms with E-state index in [1.807, 2.05) is 48.5 Å². The maximum absolute atomic E-state index is 13.6. The largest absolute Gasteiger partial charge is 0.493 e. The first kappa shape index (κ1) is 26.6. The van der Waals surface area contributed by atoms with Gasteiger partial charge in [-0.25, -0.2) is 0 Å². The number of nitro groups is 1. The van der Waals surface area contributed by atoms with Crippen LogP contribution < -0.4 is 24.6 Å². The number of anilines is 2. The van der Waals surface area contributed by atoms with Crippen molar-refractivity contribution in [2.45, 2.75) is 18.9 Å². The third-order valence-electron chi connectivity index (χ3n) is 7.60. The minimum Gasteiger partial charge on any atom is -0.493 e. The number of carbonyl (C=O) groups is 1. The van der Waals surface area contributed by atoms with Gasteiger partial charge in [0.2, 0.25) is 5.91 Å². The van der Waals surface area contributed by atoms with Gasteiger partial charge in [0.25, 0.3) is 5.69 Å². The van der Waals surface area contributed by atoms with Crippen LogP contribution in [0.25, 0.3) is 0 Å². The third-order valence-corrected chi connectivity index (χ3v) is 7.92. The number of methoxy groups -OCH3 is 2. The lowest BCUT2D eigenvalue weighted by Crippen LogP contribution is -2.61. The van der Waals surface area contributed by atoms with Crippen LogP contribution in [0.4, 0.5) is 17.1 Å². The molecule has 3 aromatic carbocycles. The molecule has 1 N–H and O–H groups in total. The number of nitrogens with zero attached hydrogens (tertiary/aromatic N) is 3. The summed E-state index contributed by atoms with van der Waals surface area (Å²) in [6.45, 7) is 2.47. The Morgan fingerprint density at radius 1 is 1.05 bits per heavy atom. The number of carbonyl (C=O) groups excluding carboxylic acids is 1. The van der Waals surface area contributed by atoms with Gasteiger partial charge < -0.3 is 24.6 Å². The van der Waals surface area contributed by atoms with Crippen LogP contribution in [0.2, 0.25) is 5.02 Å². The molecule has 0 spiro atoms. The van der Waals surface area contributed by atoms with E-state index >= 15 is 0 Å². The number of non-ortho nitro benzene ring substituents is 1. The number of nitrogens with one attached hydrogen (secondary N) is 1. The number of nitro benzene ring substituents is 1. The molecule has 5 rings (SSSR count). The summed E-state index contributed by atoms with van der Waals surface area (Å²) >= 11 is 6.51. The fourth-order valence-corrected chi connectivity index (χ4v) is 5.90. The average molecular weight is 551 g/mol. The molecule has 204 valence electrons. The molecule has 0 aromatic heterocycles. The number of para-hydroxylation sites is 1. The first-order chi connectivity index (χ1) is 18.9. The van der Waals surface area contributed by atoms with Gasteiger partial charge in [0.15, 0.2) is 11.5 Å². The van der Waals surface area contributed by atoms with Gasteiger partial charge in [-0.3, -0.25) is 14.9 Å². The zero-order valence-corrected chi connectivity index (χ0v) is 22.7. The Hall–Kier alpha value is -3.98. The number of halogens is 1. The predicted molar refractivity (Wildman–Crippen MR) is 151 cm³/mol. The molecule has 2 aliphatic heterocycles. The molecule has 9 nitrogen and oxygen atoms in total. The van der Waals surface area contributed by atoms with E-state index in [1.54, 1.807) is 26.4 Å². The summed E-state index contributed by atoms with van der Waals surface area (Å²) in [6, 6.07) is 18.3. The standard InChI is InChI=1S/C29H31ClN4O5/c1-38-27-10-7-19(15-28(27)39-2)11-12-31-29(35)22-17-20-16-21(34(36)37)8-9-24(20)33-14-13-32(18-26(22)33)25-6-4-3-5-23(25)30/h3-10,15-16,22,26H,11-14,17-18H2,1-2H3,(H,31,35)/t22-,26+/m0/s1. The number of amides is 1. The minimum absolute atomic E-state index is 0.0366. The van der Waals surface area contributed by atoms with Gasteiger partial charge in [-0.1, -0.05) is 29.8 Å². The summed E-state index contributed by atoms with van der Waals surface area (Å²) in [5, 5.41) is 15.2. The van der Waals surface area contributed by atoms with Crippen molar-refractivity contribution in [1.82, 2.24) is 5.32 Å². The van der Waals surface area contributed by atoms with Crippen LogP contribution in [-0.4, -0.2) is 57.3 Å². The molecule has 0 aliphatic carbocycles. The van der Waals surface area contributed by atoms with Crippen molar-refractivity contribution in [1.29, 1.82) is 0 Å². The second-order valence-electron chi connectivity index (χ2n) is 9.77. The average Bonchev–Trinajstić information content (AvgIpc) is 2.96. The second-order valence-corrected chi connectivity index (χ2v) is 10.2. The van der Waals surface area contributed by atoms with E-state index in [1.165, 1.54) is 0 Å². The van der Waals surface area contributed by atoms with E-state index in [-0.39, 0.29) is 28.5 Å². The van der Waals surface area contributed by atoms with E-state index < -0.39 is 0 Å². The van der Waals surface area contributed by atoms with Crippen molar-refractivity contribution < 1.29 is 19.2 Å². The number of piperazine rings is 1. The molecule has 2 heterocycles. The summed E-state index contributed by atoms with van der Waals surface area (Å²) in [4.78, 5) is 29.2. The minimum atomic E-state index is -0.389. The molecule has 0 radical (unpaired) electrons. The van der Waals surface area contributed by atoms with Gasteiger partial charge in [0.1, 0.15) is 0 Å². The Kier molecular flexibility index (Phi) is 7.79. The topological polar surface area (TPSA) is 97.2 Å². The smallest absolute Gasteiger partial charge is 0.269 e. The number of ether oxygens (including phenoxy) is 2. The Morgan fingerprint density at radius 3 is 2.59 bits per heavy atom. The molecule has 1 fully saturated rings. The van der Waals surface area contributed by atoms with Gasteiger partial charge in [0.05, 0.1) is 41.8 Å². The zero-order chi connectivity index (χ0) is 27.5. The number of hydrogen-bond donors (Lipinski definition) is 1. The molecule has 2 atom stereocenters. The van der Waals surface area contributed by atoms with Crippen molar-refractivity contribution in [3.63, 3.8) is 0 Å². The molecule has 0 saturated carbocycles. The normalized spacial score (nSPS) is 18.1. The third kappa shape index (κ3) is 5.45. The fraction of sp³-hybridized carbons (Fsp3) is 0.345. The molecule has 1 amide bonds. The highest BCUT2D eigenvalue weighted by atomic mass is 35.5. The van der Waals surface area contributed by atoms with Gasteiger partial charge >= 0.3 is 0 Å². The van der Waals surface area contributed by atoms with E-state index in [0.717, 1.165) is 29.0 Å². The number of fused-ring (bicyclic) bond motifs is 3. The molecule has 10 heteroatoms.